The number of pyridine rings is 1. The number of rotatable bonds is 7. The molecule has 1 saturated carbocycles. The van der Waals surface area contributed by atoms with Crippen molar-refractivity contribution in [3.8, 4) is 11.6 Å². The fraction of sp³-hybridized carbons (Fsp3) is 0.467. The highest BCUT2D eigenvalue weighted by Crippen LogP contribution is 2.24. The van der Waals surface area contributed by atoms with Crippen molar-refractivity contribution in [2.45, 2.75) is 45.3 Å². The van der Waals surface area contributed by atoms with Crippen molar-refractivity contribution in [1.82, 2.24) is 20.1 Å². The van der Waals surface area contributed by atoms with E-state index in [1.807, 2.05) is 23.0 Å². The highest BCUT2D eigenvalue weighted by atomic mass is 16.5. The average molecular weight is 272 g/mol. The molecule has 2 heterocycles. The Balaban J connectivity index is 1.68. The van der Waals surface area contributed by atoms with Crippen LogP contribution in [0.1, 0.15) is 31.7 Å². The number of nitrogens with zero attached hydrogens (tertiary/aromatic N) is 3. The van der Waals surface area contributed by atoms with Crippen LogP contribution in [0.25, 0.3) is 0 Å². The fourth-order valence-corrected chi connectivity index (χ4v) is 2.05. The van der Waals surface area contributed by atoms with Crippen LogP contribution in [0.15, 0.2) is 30.7 Å². The zero-order valence-corrected chi connectivity index (χ0v) is 11.7. The average Bonchev–Trinajstić information content (AvgIpc) is 3.19. The Kier molecular flexibility index (Phi) is 3.97. The van der Waals surface area contributed by atoms with Crippen LogP contribution in [0.2, 0.25) is 0 Å². The van der Waals surface area contributed by atoms with Gasteiger partial charge in [-0.15, -0.1) is 0 Å². The van der Waals surface area contributed by atoms with Gasteiger partial charge in [-0.1, -0.05) is 13.0 Å². The zero-order chi connectivity index (χ0) is 13.8. The third-order valence-corrected chi connectivity index (χ3v) is 3.29. The third kappa shape index (κ3) is 3.36. The van der Waals surface area contributed by atoms with E-state index in [1.54, 1.807) is 12.4 Å². The maximum absolute atomic E-state index is 5.85. The highest BCUT2D eigenvalue weighted by molar-refractivity contribution is 5.30. The van der Waals surface area contributed by atoms with Crippen molar-refractivity contribution in [2.24, 2.45) is 0 Å². The molecule has 1 fully saturated rings. The standard InChI is InChI=1S/C15H20N4O/c1-2-8-19-11-14(10-18-19)20-15-12(4-3-7-16-15)9-17-13-5-6-13/h3-4,7,10-11,13,17H,2,5-6,8-9H2,1H3. The van der Waals surface area contributed by atoms with Gasteiger partial charge < -0.3 is 10.1 Å². The molecule has 3 rings (SSSR count). The van der Waals surface area contributed by atoms with Crippen molar-refractivity contribution in [3.05, 3.63) is 36.3 Å². The van der Waals surface area contributed by atoms with Gasteiger partial charge in [-0.05, 0) is 25.3 Å². The maximum atomic E-state index is 5.85. The van der Waals surface area contributed by atoms with E-state index in [-0.39, 0.29) is 0 Å². The summed E-state index contributed by atoms with van der Waals surface area (Å²) in [6.07, 6.45) is 9.02. The molecule has 0 atom stereocenters. The summed E-state index contributed by atoms with van der Waals surface area (Å²) in [7, 11) is 0. The van der Waals surface area contributed by atoms with E-state index in [1.165, 1.54) is 12.8 Å². The summed E-state index contributed by atoms with van der Waals surface area (Å²) < 4.78 is 7.74. The fourth-order valence-electron chi connectivity index (χ4n) is 2.05. The Morgan fingerprint density at radius 3 is 3.15 bits per heavy atom. The molecule has 0 saturated heterocycles. The summed E-state index contributed by atoms with van der Waals surface area (Å²) >= 11 is 0. The number of hydrogen-bond acceptors (Lipinski definition) is 4. The number of aryl methyl sites for hydroxylation is 1. The van der Waals surface area contributed by atoms with Crippen LogP contribution in [0.5, 0.6) is 11.6 Å². The second-order valence-electron chi connectivity index (χ2n) is 5.16. The van der Waals surface area contributed by atoms with Gasteiger partial charge >= 0.3 is 0 Å². The van der Waals surface area contributed by atoms with Crippen LogP contribution >= 0.6 is 0 Å². The molecule has 0 bridgehead atoms. The number of aromatic nitrogens is 3. The van der Waals surface area contributed by atoms with Gasteiger partial charge in [-0.25, -0.2) is 4.98 Å². The lowest BCUT2D eigenvalue weighted by molar-refractivity contribution is 0.451. The van der Waals surface area contributed by atoms with E-state index in [9.17, 15) is 0 Å². The maximum Gasteiger partial charge on any atom is 0.223 e. The molecule has 1 aliphatic rings. The summed E-state index contributed by atoms with van der Waals surface area (Å²) in [6, 6.07) is 4.67. The lowest BCUT2D eigenvalue weighted by atomic mass is 10.2. The van der Waals surface area contributed by atoms with Crippen LogP contribution in [-0.4, -0.2) is 20.8 Å². The molecule has 0 aromatic carbocycles. The molecular formula is C15H20N4O. The molecule has 0 spiro atoms. The quantitative estimate of drug-likeness (QED) is 0.842. The second kappa shape index (κ2) is 6.05. The molecule has 1 aliphatic carbocycles. The predicted octanol–water partition coefficient (Wildman–Crippen LogP) is 2.73. The van der Waals surface area contributed by atoms with E-state index in [4.69, 9.17) is 4.74 Å². The molecule has 0 amide bonds. The van der Waals surface area contributed by atoms with Gasteiger partial charge in [0, 0.05) is 30.9 Å². The van der Waals surface area contributed by atoms with Crippen LogP contribution < -0.4 is 10.1 Å². The Morgan fingerprint density at radius 2 is 2.35 bits per heavy atom. The minimum absolute atomic E-state index is 0.664. The molecule has 5 nitrogen and oxygen atoms in total. The molecule has 106 valence electrons. The van der Waals surface area contributed by atoms with Crippen molar-refractivity contribution >= 4 is 0 Å². The van der Waals surface area contributed by atoms with Crippen molar-refractivity contribution in [3.63, 3.8) is 0 Å². The van der Waals surface area contributed by atoms with E-state index >= 15 is 0 Å². The summed E-state index contributed by atoms with van der Waals surface area (Å²) in [5.41, 5.74) is 1.09. The van der Waals surface area contributed by atoms with Crippen molar-refractivity contribution in [1.29, 1.82) is 0 Å². The van der Waals surface area contributed by atoms with Gasteiger partial charge in [0.25, 0.3) is 0 Å². The van der Waals surface area contributed by atoms with Gasteiger partial charge in [0.05, 0.1) is 12.4 Å². The normalized spacial score (nSPS) is 14.4. The van der Waals surface area contributed by atoms with E-state index < -0.39 is 0 Å². The van der Waals surface area contributed by atoms with Crippen molar-refractivity contribution < 1.29 is 4.74 Å². The van der Waals surface area contributed by atoms with Crippen LogP contribution in [0.4, 0.5) is 0 Å². The first-order valence-electron chi connectivity index (χ1n) is 7.22. The molecular weight excluding hydrogens is 252 g/mol. The molecule has 0 radical (unpaired) electrons. The first-order valence-corrected chi connectivity index (χ1v) is 7.22. The van der Waals surface area contributed by atoms with E-state index in [0.29, 0.717) is 11.9 Å². The van der Waals surface area contributed by atoms with Crippen LogP contribution in [-0.2, 0) is 13.1 Å². The minimum Gasteiger partial charge on any atom is -0.435 e. The SMILES string of the molecule is CCCn1cc(Oc2ncccc2CNC2CC2)cn1. The monoisotopic (exact) mass is 272 g/mol. The van der Waals surface area contributed by atoms with Crippen LogP contribution in [0.3, 0.4) is 0 Å². The molecule has 5 heteroatoms. The summed E-state index contributed by atoms with van der Waals surface area (Å²) in [6.45, 7) is 3.83. The second-order valence-corrected chi connectivity index (χ2v) is 5.16. The van der Waals surface area contributed by atoms with Gasteiger partial charge in [-0.2, -0.15) is 5.10 Å². The van der Waals surface area contributed by atoms with Gasteiger partial charge in [0.15, 0.2) is 5.75 Å². The van der Waals surface area contributed by atoms with Gasteiger partial charge in [0.2, 0.25) is 5.88 Å². The van der Waals surface area contributed by atoms with Crippen LogP contribution in [0, 0.1) is 0 Å². The number of hydrogen-bond donors (Lipinski definition) is 1. The summed E-state index contributed by atoms with van der Waals surface area (Å²) in [5.74, 6) is 1.40. The van der Waals surface area contributed by atoms with E-state index in [0.717, 1.165) is 30.8 Å². The molecule has 0 unspecified atom stereocenters. The largest absolute Gasteiger partial charge is 0.435 e. The lowest BCUT2D eigenvalue weighted by Gasteiger charge is -2.08. The smallest absolute Gasteiger partial charge is 0.223 e. The number of nitrogens with one attached hydrogen (secondary N) is 1. The Hall–Kier alpha value is -1.88. The molecule has 1 N–H and O–H groups in total. The minimum atomic E-state index is 0.664. The number of ether oxygens (including phenoxy) is 1. The molecule has 2 aromatic heterocycles. The zero-order valence-electron chi connectivity index (χ0n) is 11.7. The van der Waals surface area contributed by atoms with E-state index in [2.05, 4.69) is 22.3 Å². The third-order valence-electron chi connectivity index (χ3n) is 3.29. The summed E-state index contributed by atoms with van der Waals surface area (Å²) in [4.78, 5) is 4.33. The predicted molar refractivity (Wildman–Crippen MR) is 76.7 cm³/mol. The van der Waals surface area contributed by atoms with Gasteiger partial charge in [0.1, 0.15) is 0 Å². The first kappa shape index (κ1) is 13.1. The highest BCUT2D eigenvalue weighted by Gasteiger charge is 2.20. The first-order chi connectivity index (χ1) is 9.85. The molecule has 0 aliphatic heterocycles. The summed E-state index contributed by atoms with van der Waals surface area (Å²) in [5, 5.41) is 7.75. The van der Waals surface area contributed by atoms with Crippen molar-refractivity contribution in [2.75, 3.05) is 0 Å². The Bertz CT molecular complexity index is 563. The molecule has 2 aromatic rings. The Morgan fingerprint density at radius 1 is 1.45 bits per heavy atom. The Labute approximate surface area is 119 Å². The molecule has 20 heavy (non-hydrogen) atoms. The topological polar surface area (TPSA) is 52.0 Å². The lowest BCUT2D eigenvalue weighted by Crippen LogP contribution is -2.16. The van der Waals surface area contributed by atoms with Gasteiger partial charge in [-0.3, -0.25) is 4.68 Å².